The van der Waals surface area contributed by atoms with Gasteiger partial charge >= 0.3 is 0 Å². The first-order valence-corrected chi connectivity index (χ1v) is 7.94. The molecule has 26 heavy (non-hydrogen) atoms. The van der Waals surface area contributed by atoms with E-state index in [1.54, 1.807) is 12.1 Å². The molecule has 1 rings (SSSR count). The lowest BCUT2D eigenvalue weighted by molar-refractivity contribution is -0.117. The third-order valence-corrected chi connectivity index (χ3v) is 4.04. The Morgan fingerprint density at radius 2 is 1.81 bits per heavy atom. The third kappa shape index (κ3) is 5.89. The Morgan fingerprint density at radius 1 is 1.23 bits per heavy atom. The normalized spacial score (nSPS) is 12.3. The van der Waals surface area contributed by atoms with Gasteiger partial charge in [0.2, 0.25) is 5.91 Å². The van der Waals surface area contributed by atoms with Crippen molar-refractivity contribution >= 4 is 29.0 Å². The first-order chi connectivity index (χ1) is 12.3. The number of hydrogen-bond donors (Lipinski definition) is 6. The molecule has 1 atom stereocenters. The maximum absolute atomic E-state index is 12.1. The number of nitrogens with two attached hydrogens (primary N) is 2. The number of aliphatic hydroxyl groups excluding tert-OH is 2. The number of thiocarbonyl (C=S) groups is 1. The minimum Gasteiger partial charge on any atom is -0.394 e. The fourth-order valence-electron chi connectivity index (χ4n) is 1.90. The van der Waals surface area contributed by atoms with Gasteiger partial charge in [0.1, 0.15) is 17.6 Å². The fourth-order valence-corrected chi connectivity index (χ4v) is 2.10. The Balaban J connectivity index is 2.70. The van der Waals surface area contributed by atoms with Crippen LogP contribution in [0.4, 0.5) is 0 Å². The summed E-state index contributed by atoms with van der Waals surface area (Å²) in [5, 5.41) is 26.6. The Kier molecular flexibility index (Phi) is 8.35. The minimum absolute atomic E-state index is 0.176. The molecule has 0 spiro atoms. The van der Waals surface area contributed by atoms with Gasteiger partial charge in [-0.25, -0.2) is 0 Å². The van der Waals surface area contributed by atoms with Crippen molar-refractivity contribution in [3.8, 4) is 0 Å². The number of carbonyl (C=O) groups is 2. The molecule has 1 aromatic carbocycles. The van der Waals surface area contributed by atoms with Crippen LogP contribution in [0.25, 0.3) is 0 Å². The summed E-state index contributed by atoms with van der Waals surface area (Å²) in [6.07, 6.45) is 0. The number of nitrogens with one attached hydrogen (secondary N) is 2. The summed E-state index contributed by atoms with van der Waals surface area (Å²) in [7, 11) is 0. The maximum atomic E-state index is 12.1. The molecular weight excluding hydrogens is 362 g/mol. The molecule has 0 aliphatic carbocycles. The molecule has 1 aromatic rings. The van der Waals surface area contributed by atoms with Crippen LogP contribution in [-0.4, -0.2) is 58.4 Å². The smallest absolute Gasteiger partial charge is 0.256 e. The van der Waals surface area contributed by atoms with Gasteiger partial charge in [0, 0.05) is 12.1 Å². The van der Waals surface area contributed by atoms with Crippen LogP contribution in [0.1, 0.15) is 15.9 Å². The molecule has 11 heteroatoms. The van der Waals surface area contributed by atoms with Gasteiger partial charge in [-0.15, -0.1) is 0 Å². The minimum atomic E-state index is -1.26. The van der Waals surface area contributed by atoms with Crippen LogP contribution in [-0.2, 0) is 11.3 Å². The highest BCUT2D eigenvalue weighted by molar-refractivity contribution is 7.80. The average molecular weight is 383 g/mol. The quantitative estimate of drug-likeness (QED) is 0.201. The van der Waals surface area contributed by atoms with E-state index >= 15 is 0 Å². The predicted octanol–water partition coefficient (Wildman–Crippen LogP) is -1.86. The maximum Gasteiger partial charge on any atom is 0.256 e. The number of nitroso groups, excluding NO2 is 1. The Labute approximate surface area is 154 Å². The first-order valence-electron chi connectivity index (χ1n) is 7.53. The molecule has 0 aliphatic heterocycles. The molecule has 0 radical (unpaired) electrons. The van der Waals surface area contributed by atoms with Crippen molar-refractivity contribution < 1.29 is 19.8 Å². The highest BCUT2D eigenvalue weighted by Gasteiger charge is 2.28. The second-order valence-corrected chi connectivity index (χ2v) is 6.07. The van der Waals surface area contributed by atoms with E-state index in [9.17, 15) is 24.7 Å². The zero-order valence-corrected chi connectivity index (χ0v) is 14.7. The van der Waals surface area contributed by atoms with Gasteiger partial charge in [-0.1, -0.05) is 29.5 Å². The summed E-state index contributed by atoms with van der Waals surface area (Å²) >= 11 is 4.84. The van der Waals surface area contributed by atoms with Crippen LogP contribution in [0, 0.1) is 4.91 Å². The van der Waals surface area contributed by atoms with Crippen molar-refractivity contribution in [3.05, 3.63) is 40.3 Å². The summed E-state index contributed by atoms with van der Waals surface area (Å²) < 4.78 is 0. The zero-order chi connectivity index (χ0) is 19.7. The van der Waals surface area contributed by atoms with Crippen LogP contribution in [0.2, 0.25) is 0 Å². The molecule has 142 valence electrons. The SMILES string of the molecule is NC(=O)C(N)C(=S)NC(=O)c1ccc(CNC(CO)(CO)CN=O)cc1. The van der Waals surface area contributed by atoms with Crippen molar-refractivity contribution in [2.45, 2.75) is 18.1 Å². The van der Waals surface area contributed by atoms with Crippen molar-refractivity contribution in [1.29, 1.82) is 0 Å². The van der Waals surface area contributed by atoms with Crippen LogP contribution in [0.5, 0.6) is 0 Å². The number of benzene rings is 1. The van der Waals surface area contributed by atoms with E-state index in [4.69, 9.17) is 23.7 Å². The Bertz CT molecular complexity index is 663. The lowest BCUT2D eigenvalue weighted by atomic mass is 10.0. The van der Waals surface area contributed by atoms with Gasteiger partial charge in [-0.05, 0) is 17.7 Å². The van der Waals surface area contributed by atoms with Crippen molar-refractivity contribution in [1.82, 2.24) is 10.6 Å². The molecular formula is C15H21N5O5S. The summed E-state index contributed by atoms with van der Waals surface area (Å²) in [6, 6.07) is 5.04. The average Bonchev–Trinajstić information content (AvgIpc) is 2.64. The zero-order valence-electron chi connectivity index (χ0n) is 13.8. The summed E-state index contributed by atoms with van der Waals surface area (Å²) in [5.74, 6) is -1.39. The number of hydrogen-bond acceptors (Lipinski definition) is 9. The highest BCUT2D eigenvalue weighted by Crippen LogP contribution is 2.09. The Morgan fingerprint density at radius 3 is 2.27 bits per heavy atom. The number of aliphatic hydroxyl groups is 2. The van der Waals surface area contributed by atoms with Crippen LogP contribution in [0.15, 0.2) is 29.4 Å². The van der Waals surface area contributed by atoms with E-state index in [0.29, 0.717) is 0 Å². The Hall–Kier alpha value is -2.31. The molecule has 0 aromatic heterocycles. The van der Waals surface area contributed by atoms with Crippen LogP contribution >= 0.6 is 12.2 Å². The highest BCUT2D eigenvalue weighted by atomic mass is 32.1. The van der Waals surface area contributed by atoms with E-state index in [0.717, 1.165) is 5.56 Å². The van der Waals surface area contributed by atoms with Crippen molar-refractivity contribution in [2.24, 2.45) is 16.6 Å². The van der Waals surface area contributed by atoms with E-state index in [2.05, 4.69) is 15.8 Å². The number of primary amides is 1. The molecule has 0 aliphatic rings. The summed E-state index contributed by atoms with van der Waals surface area (Å²) in [4.78, 5) is 33.3. The number of nitrogens with zero attached hydrogens (tertiary/aromatic N) is 1. The van der Waals surface area contributed by atoms with E-state index in [-0.39, 0.29) is 23.6 Å². The molecule has 2 amide bonds. The van der Waals surface area contributed by atoms with Gasteiger partial charge in [0.25, 0.3) is 5.91 Å². The van der Waals surface area contributed by atoms with Gasteiger partial charge in [0.05, 0.1) is 18.8 Å². The van der Waals surface area contributed by atoms with Gasteiger partial charge < -0.3 is 32.3 Å². The standard InChI is InChI=1S/C15H21N5O5S/c16-11(12(17)23)14(26)20-13(24)10-3-1-9(2-4-10)5-18-15(7-21,8-22)6-19-25/h1-4,11,18,21-22H,5-8,16H2,(H2,17,23)(H,20,24,26). The van der Waals surface area contributed by atoms with Gasteiger partial charge in [-0.3, -0.25) is 9.59 Å². The number of amides is 2. The second-order valence-electron chi connectivity index (χ2n) is 5.63. The molecule has 1 unspecified atom stereocenters. The number of carbonyl (C=O) groups excluding carboxylic acids is 2. The first kappa shape index (κ1) is 21.7. The molecule has 0 bridgehead atoms. The number of rotatable bonds is 10. The lowest BCUT2D eigenvalue weighted by Gasteiger charge is -2.28. The predicted molar refractivity (Wildman–Crippen MR) is 98.1 cm³/mol. The lowest BCUT2D eigenvalue weighted by Crippen LogP contribution is -2.53. The monoisotopic (exact) mass is 383 g/mol. The summed E-state index contributed by atoms with van der Waals surface area (Å²) in [6.45, 7) is -0.998. The van der Waals surface area contributed by atoms with E-state index < -0.39 is 36.6 Å². The molecule has 0 saturated heterocycles. The van der Waals surface area contributed by atoms with Gasteiger partial charge in [-0.2, -0.15) is 4.91 Å². The topological polar surface area (TPSA) is 180 Å². The molecule has 0 fully saturated rings. The van der Waals surface area contributed by atoms with Crippen LogP contribution < -0.4 is 22.1 Å². The van der Waals surface area contributed by atoms with E-state index in [1.807, 2.05) is 0 Å². The third-order valence-electron chi connectivity index (χ3n) is 3.68. The van der Waals surface area contributed by atoms with E-state index in [1.165, 1.54) is 12.1 Å². The van der Waals surface area contributed by atoms with Crippen LogP contribution in [0.3, 0.4) is 0 Å². The second kappa shape index (κ2) is 9.99. The molecule has 0 heterocycles. The van der Waals surface area contributed by atoms with Crippen molar-refractivity contribution in [2.75, 3.05) is 19.8 Å². The summed E-state index contributed by atoms with van der Waals surface area (Å²) in [5.41, 5.74) is 10.2. The van der Waals surface area contributed by atoms with Gasteiger partial charge in [0.15, 0.2) is 0 Å². The molecule has 0 saturated carbocycles. The largest absolute Gasteiger partial charge is 0.394 e. The molecule has 8 N–H and O–H groups in total. The fraction of sp³-hybridized carbons (Fsp3) is 0.400. The van der Waals surface area contributed by atoms with Crippen molar-refractivity contribution in [3.63, 3.8) is 0 Å². The molecule has 10 nitrogen and oxygen atoms in total.